The van der Waals surface area contributed by atoms with Crippen LogP contribution in [0.4, 0.5) is 5.69 Å². The molecule has 2 aromatic carbocycles. The Morgan fingerprint density at radius 3 is 2.03 bits per heavy atom. The summed E-state index contributed by atoms with van der Waals surface area (Å²) in [6.07, 6.45) is 0. The molecule has 2 aromatic rings. The second-order valence-electron chi connectivity index (χ2n) is 6.30. The molecule has 0 aliphatic carbocycles. The van der Waals surface area contributed by atoms with Crippen LogP contribution in [0.3, 0.4) is 0 Å². The Bertz CT molecular complexity index is 1120. The molecule has 0 aliphatic heterocycles. The monoisotopic (exact) mass is 470 g/mol. The summed E-state index contributed by atoms with van der Waals surface area (Å²) in [6.45, 7) is 5.86. The molecule has 0 saturated heterocycles. The number of carbonyl (C=O) groups is 1. The fraction of sp³-hybridized carbons (Fsp3) is 0.350. The van der Waals surface area contributed by atoms with Crippen LogP contribution in [0.25, 0.3) is 0 Å². The van der Waals surface area contributed by atoms with Gasteiger partial charge in [0, 0.05) is 13.1 Å². The van der Waals surface area contributed by atoms with Gasteiger partial charge in [0.2, 0.25) is 10.0 Å². The largest absolute Gasteiger partial charge is 0.495 e. The second kappa shape index (κ2) is 10.1. The molecule has 0 fully saturated rings. The van der Waals surface area contributed by atoms with Crippen molar-refractivity contribution in [2.24, 2.45) is 0 Å². The number of nitrogens with one attached hydrogen (secondary N) is 1. The van der Waals surface area contributed by atoms with Crippen LogP contribution in [-0.4, -0.2) is 53.9 Å². The van der Waals surface area contributed by atoms with E-state index in [1.165, 1.54) is 53.9 Å². The van der Waals surface area contributed by atoms with Crippen LogP contribution in [0.2, 0.25) is 0 Å². The highest BCUT2D eigenvalue weighted by Gasteiger charge is 2.24. The average Bonchev–Trinajstić information content (AvgIpc) is 2.74. The predicted octanol–water partition coefficient (Wildman–Crippen LogP) is 2.70. The van der Waals surface area contributed by atoms with Crippen LogP contribution in [0.1, 0.15) is 31.1 Å². The van der Waals surface area contributed by atoms with Gasteiger partial charge in [-0.1, -0.05) is 13.8 Å². The Balaban J connectivity index is 2.41. The van der Waals surface area contributed by atoms with Gasteiger partial charge in [0.05, 0.1) is 34.8 Å². The molecular weight excluding hydrogens is 444 g/mol. The van der Waals surface area contributed by atoms with E-state index in [4.69, 9.17) is 9.47 Å². The zero-order chi connectivity index (χ0) is 23.2. The third-order valence-electron chi connectivity index (χ3n) is 4.43. The lowest BCUT2D eigenvalue weighted by atomic mass is 10.2. The summed E-state index contributed by atoms with van der Waals surface area (Å²) < 4.78 is 65.0. The standard InChI is InChI=1S/C20H26N2O7S2/c1-5-22(6-2)31(26,27)17-12-13-19(28-4)18(14-17)21-30(24,25)16-10-8-15(9-11-16)20(23)29-7-3/h8-14,21H,5-7H2,1-4H3. The van der Waals surface area contributed by atoms with Gasteiger partial charge in [-0.15, -0.1) is 0 Å². The maximum atomic E-state index is 12.8. The lowest BCUT2D eigenvalue weighted by Gasteiger charge is -2.20. The van der Waals surface area contributed by atoms with Crippen molar-refractivity contribution in [3.63, 3.8) is 0 Å². The number of nitrogens with zero attached hydrogens (tertiary/aromatic N) is 1. The molecule has 2 rings (SSSR count). The van der Waals surface area contributed by atoms with Crippen LogP contribution < -0.4 is 9.46 Å². The second-order valence-corrected chi connectivity index (χ2v) is 9.92. The summed E-state index contributed by atoms with van der Waals surface area (Å²) in [5.41, 5.74) is 0.191. The zero-order valence-corrected chi connectivity index (χ0v) is 19.4. The first kappa shape index (κ1) is 24.6. The number of ether oxygens (including phenoxy) is 2. The fourth-order valence-corrected chi connectivity index (χ4v) is 5.37. The molecule has 1 N–H and O–H groups in total. The Labute approximate surface area is 183 Å². The summed E-state index contributed by atoms with van der Waals surface area (Å²) in [5, 5.41) is 0. The van der Waals surface area contributed by atoms with E-state index in [1.807, 2.05) is 0 Å². The SMILES string of the molecule is CCOC(=O)c1ccc(S(=O)(=O)Nc2cc(S(=O)(=O)N(CC)CC)ccc2OC)cc1. The Kier molecular flexibility index (Phi) is 8.04. The molecule has 0 atom stereocenters. The van der Waals surface area contributed by atoms with Crippen molar-refractivity contribution in [2.45, 2.75) is 30.6 Å². The third kappa shape index (κ3) is 5.54. The molecule has 11 heteroatoms. The number of carbonyl (C=O) groups excluding carboxylic acids is 1. The van der Waals surface area contributed by atoms with E-state index in [-0.39, 0.29) is 46.5 Å². The number of hydrogen-bond donors (Lipinski definition) is 1. The lowest BCUT2D eigenvalue weighted by molar-refractivity contribution is 0.0526. The molecule has 170 valence electrons. The first-order chi connectivity index (χ1) is 14.6. The molecule has 0 amide bonds. The molecule has 0 bridgehead atoms. The number of esters is 1. The van der Waals surface area contributed by atoms with Crippen molar-refractivity contribution in [3.05, 3.63) is 48.0 Å². The minimum Gasteiger partial charge on any atom is -0.495 e. The quantitative estimate of drug-likeness (QED) is 0.530. The molecular formula is C20H26N2O7S2. The molecule has 0 saturated carbocycles. The van der Waals surface area contributed by atoms with E-state index >= 15 is 0 Å². The number of anilines is 1. The molecule has 0 unspecified atom stereocenters. The normalized spacial score (nSPS) is 11.9. The zero-order valence-electron chi connectivity index (χ0n) is 17.8. The Hall–Kier alpha value is -2.63. The van der Waals surface area contributed by atoms with Crippen molar-refractivity contribution in [1.29, 1.82) is 0 Å². The van der Waals surface area contributed by atoms with Gasteiger partial charge in [-0.3, -0.25) is 4.72 Å². The van der Waals surface area contributed by atoms with Crippen LogP contribution in [0.15, 0.2) is 52.3 Å². The van der Waals surface area contributed by atoms with Crippen LogP contribution in [0.5, 0.6) is 5.75 Å². The first-order valence-electron chi connectivity index (χ1n) is 9.58. The van der Waals surface area contributed by atoms with Gasteiger partial charge >= 0.3 is 5.97 Å². The predicted molar refractivity (Wildman–Crippen MR) is 116 cm³/mol. The van der Waals surface area contributed by atoms with Crippen molar-refractivity contribution in [2.75, 3.05) is 31.5 Å². The summed E-state index contributed by atoms with van der Waals surface area (Å²) in [6, 6.07) is 9.17. The number of methoxy groups -OCH3 is 1. The van der Waals surface area contributed by atoms with Gasteiger partial charge in [0.1, 0.15) is 5.75 Å². The summed E-state index contributed by atoms with van der Waals surface area (Å²) >= 11 is 0. The lowest BCUT2D eigenvalue weighted by Crippen LogP contribution is -2.30. The molecule has 0 aliphatic rings. The number of benzene rings is 2. The van der Waals surface area contributed by atoms with Crippen molar-refractivity contribution in [3.8, 4) is 5.75 Å². The van der Waals surface area contributed by atoms with Crippen molar-refractivity contribution < 1.29 is 31.1 Å². The van der Waals surface area contributed by atoms with Crippen molar-refractivity contribution in [1.82, 2.24) is 4.31 Å². The van der Waals surface area contributed by atoms with Gasteiger partial charge in [0.15, 0.2) is 0 Å². The highest BCUT2D eigenvalue weighted by atomic mass is 32.2. The van der Waals surface area contributed by atoms with E-state index in [0.29, 0.717) is 0 Å². The number of rotatable bonds is 10. The molecule has 0 radical (unpaired) electrons. The van der Waals surface area contributed by atoms with Crippen LogP contribution >= 0.6 is 0 Å². The van der Waals surface area contributed by atoms with Gasteiger partial charge in [-0.2, -0.15) is 4.31 Å². The molecule has 0 aromatic heterocycles. The number of hydrogen-bond acceptors (Lipinski definition) is 7. The minimum absolute atomic E-state index is 0.0230. The Morgan fingerprint density at radius 2 is 1.52 bits per heavy atom. The van der Waals surface area contributed by atoms with E-state index < -0.39 is 26.0 Å². The fourth-order valence-electron chi connectivity index (χ4n) is 2.83. The topological polar surface area (TPSA) is 119 Å². The van der Waals surface area contributed by atoms with Crippen molar-refractivity contribution >= 4 is 31.7 Å². The minimum atomic E-state index is -4.08. The van der Waals surface area contributed by atoms with Gasteiger partial charge in [0.25, 0.3) is 10.0 Å². The summed E-state index contributed by atoms with van der Waals surface area (Å²) in [5.74, 6) is -0.402. The summed E-state index contributed by atoms with van der Waals surface area (Å²) in [4.78, 5) is 11.6. The molecule has 9 nitrogen and oxygen atoms in total. The number of sulfonamides is 2. The van der Waals surface area contributed by atoms with E-state index in [9.17, 15) is 21.6 Å². The van der Waals surface area contributed by atoms with Crippen LogP contribution in [0, 0.1) is 0 Å². The van der Waals surface area contributed by atoms with Gasteiger partial charge in [-0.05, 0) is 49.4 Å². The van der Waals surface area contributed by atoms with E-state index in [2.05, 4.69) is 4.72 Å². The molecule has 0 spiro atoms. The van der Waals surface area contributed by atoms with E-state index in [1.54, 1.807) is 20.8 Å². The van der Waals surface area contributed by atoms with E-state index in [0.717, 1.165) is 0 Å². The highest BCUT2D eigenvalue weighted by molar-refractivity contribution is 7.92. The summed E-state index contributed by atoms with van der Waals surface area (Å²) in [7, 11) is -6.54. The maximum Gasteiger partial charge on any atom is 0.338 e. The molecule has 31 heavy (non-hydrogen) atoms. The Morgan fingerprint density at radius 1 is 0.935 bits per heavy atom. The molecule has 0 heterocycles. The third-order valence-corrected chi connectivity index (χ3v) is 7.86. The first-order valence-corrected chi connectivity index (χ1v) is 12.5. The highest BCUT2D eigenvalue weighted by Crippen LogP contribution is 2.31. The average molecular weight is 471 g/mol. The van der Waals surface area contributed by atoms with Gasteiger partial charge in [-0.25, -0.2) is 21.6 Å². The maximum absolute atomic E-state index is 12.8. The van der Waals surface area contributed by atoms with Crippen LogP contribution in [-0.2, 0) is 24.8 Å². The smallest absolute Gasteiger partial charge is 0.338 e. The van der Waals surface area contributed by atoms with Gasteiger partial charge < -0.3 is 9.47 Å².